The number of nitrogens with one attached hydrogen (secondary N) is 1. The number of nitrogens with zero attached hydrogens (tertiary/aromatic N) is 1. The van der Waals surface area contributed by atoms with Crippen LogP contribution in [0.25, 0.3) is 0 Å². The fourth-order valence-electron chi connectivity index (χ4n) is 2.10. The Bertz CT molecular complexity index is 666. The molecule has 1 aromatic carbocycles. The minimum absolute atomic E-state index is 0.0517. The van der Waals surface area contributed by atoms with E-state index in [0.717, 1.165) is 0 Å². The average Bonchev–Trinajstić information content (AvgIpc) is 2.83. The number of benzene rings is 1. The van der Waals surface area contributed by atoms with Crippen LogP contribution < -0.4 is 5.32 Å². The number of hydrogen-bond acceptors (Lipinski definition) is 4. The third kappa shape index (κ3) is 4.41. The first-order chi connectivity index (χ1) is 10.4. The fraction of sp³-hybridized carbons (Fsp3) is 0.267. The largest absolute Gasteiger partial charge is 0.481 e. The first-order valence-corrected chi connectivity index (χ1v) is 6.64. The molecule has 2 aromatic rings. The lowest BCUT2D eigenvalue weighted by atomic mass is 9.92. The SMILES string of the molecule is Cc1cc(NC(=O)C[C@H](CC(=O)O)c2ccc(F)cc2)no1. The van der Waals surface area contributed by atoms with E-state index in [-0.39, 0.29) is 24.6 Å². The van der Waals surface area contributed by atoms with Crippen LogP contribution in [-0.4, -0.2) is 22.1 Å². The monoisotopic (exact) mass is 306 g/mol. The lowest BCUT2D eigenvalue weighted by Gasteiger charge is -2.14. The number of amides is 1. The molecule has 0 radical (unpaired) electrons. The predicted molar refractivity (Wildman–Crippen MR) is 75.9 cm³/mol. The summed E-state index contributed by atoms with van der Waals surface area (Å²) in [5.74, 6) is -1.55. The second-order valence-corrected chi connectivity index (χ2v) is 4.92. The summed E-state index contributed by atoms with van der Waals surface area (Å²) in [4.78, 5) is 23.0. The van der Waals surface area contributed by atoms with E-state index in [2.05, 4.69) is 10.5 Å². The van der Waals surface area contributed by atoms with Crippen LogP contribution in [0.1, 0.15) is 30.1 Å². The maximum atomic E-state index is 13.0. The maximum Gasteiger partial charge on any atom is 0.303 e. The van der Waals surface area contributed by atoms with Crippen molar-refractivity contribution in [1.29, 1.82) is 0 Å². The van der Waals surface area contributed by atoms with Crippen LogP contribution >= 0.6 is 0 Å². The van der Waals surface area contributed by atoms with Gasteiger partial charge in [-0.1, -0.05) is 17.3 Å². The Hall–Kier alpha value is -2.70. The number of carbonyl (C=O) groups is 2. The molecular weight excluding hydrogens is 291 g/mol. The molecule has 6 nitrogen and oxygen atoms in total. The number of aromatic nitrogens is 1. The van der Waals surface area contributed by atoms with Crippen LogP contribution in [0.3, 0.4) is 0 Å². The molecule has 1 aromatic heterocycles. The maximum absolute atomic E-state index is 13.0. The van der Waals surface area contributed by atoms with Gasteiger partial charge in [-0.3, -0.25) is 9.59 Å². The van der Waals surface area contributed by atoms with Crippen LogP contribution in [0.2, 0.25) is 0 Å². The van der Waals surface area contributed by atoms with Crippen LogP contribution in [0.5, 0.6) is 0 Å². The second-order valence-electron chi connectivity index (χ2n) is 4.92. The van der Waals surface area contributed by atoms with Crippen LogP contribution in [-0.2, 0) is 9.59 Å². The summed E-state index contributed by atoms with van der Waals surface area (Å²) in [5, 5.41) is 15.1. The first-order valence-electron chi connectivity index (χ1n) is 6.64. The van der Waals surface area contributed by atoms with Gasteiger partial charge in [-0.05, 0) is 24.6 Å². The van der Waals surface area contributed by atoms with Crippen molar-refractivity contribution in [2.45, 2.75) is 25.7 Å². The van der Waals surface area contributed by atoms with Crippen molar-refractivity contribution in [1.82, 2.24) is 5.16 Å². The normalized spacial score (nSPS) is 11.9. The quantitative estimate of drug-likeness (QED) is 0.856. The second kappa shape index (κ2) is 6.84. The van der Waals surface area contributed by atoms with E-state index in [1.165, 1.54) is 24.3 Å². The van der Waals surface area contributed by atoms with Crippen molar-refractivity contribution in [3.05, 3.63) is 47.5 Å². The number of rotatable bonds is 6. The van der Waals surface area contributed by atoms with Crippen molar-refractivity contribution in [3.63, 3.8) is 0 Å². The first kappa shape index (κ1) is 15.7. The topological polar surface area (TPSA) is 92.4 Å². The van der Waals surface area contributed by atoms with Crippen molar-refractivity contribution in [2.24, 2.45) is 0 Å². The molecule has 0 fully saturated rings. The van der Waals surface area contributed by atoms with Gasteiger partial charge in [-0.25, -0.2) is 4.39 Å². The molecule has 0 aliphatic carbocycles. The molecule has 2 N–H and O–H groups in total. The molecule has 22 heavy (non-hydrogen) atoms. The summed E-state index contributed by atoms with van der Waals surface area (Å²) in [7, 11) is 0. The molecule has 7 heteroatoms. The zero-order valence-electron chi connectivity index (χ0n) is 11.9. The standard InChI is InChI=1S/C15H15FN2O4/c1-9-6-13(18-22-9)17-14(19)7-11(8-15(20)21)10-2-4-12(16)5-3-10/h2-6,11H,7-8H2,1H3,(H,20,21)(H,17,18,19)/t11-/m1/s1. The molecule has 0 spiro atoms. The van der Waals surface area contributed by atoms with Crippen molar-refractivity contribution in [3.8, 4) is 0 Å². The molecule has 1 heterocycles. The average molecular weight is 306 g/mol. The van der Waals surface area contributed by atoms with E-state index in [0.29, 0.717) is 11.3 Å². The molecule has 0 bridgehead atoms. The Balaban J connectivity index is 2.07. The van der Waals surface area contributed by atoms with Gasteiger partial charge in [0.25, 0.3) is 0 Å². The van der Waals surface area contributed by atoms with Gasteiger partial charge in [0.2, 0.25) is 5.91 Å². The van der Waals surface area contributed by atoms with Crippen molar-refractivity contribution < 1.29 is 23.6 Å². The number of aliphatic carboxylic acids is 1. The van der Waals surface area contributed by atoms with E-state index < -0.39 is 17.7 Å². The Labute approximate surface area is 125 Å². The van der Waals surface area contributed by atoms with Gasteiger partial charge in [-0.2, -0.15) is 0 Å². The number of carboxylic acid groups (broad SMARTS) is 1. The number of carbonyl (C=O) groups excluding carboxylic acids is 1. The lowest BCUT2D eigenvalue weighted by molar-refractivity contribution is -0.137. The summed E-state index contributed by atoms with van der Waals surface area (Å²) in [6.07, 6.45) is -0.277. The van der Waals surface area contributed by atoms with Gasteiger partial charge in [-0.15, -0.1) is 0 Å². The molecule has 0 saturated heterocycles. The third-order valence-electron chi connectivity index (χ3n) is 3.09. The van der Waals surface area contributed by atoms with Crippen molar-refractivity contribution in [2.75, 3.05) is 5.32 Å². The van der Waals surface area contributed by atoms with E-state index >= 15 is 0 Å². The molecular formula is C15H15FN2O4. The molecule has 116 valence electrons. The predicted octanol–water partition coefficient (Wildman–Crippen LogP) is 2.71. The van der Waals surface area contributed by atoms with Crippen LogP contribution in [0.4, 0.5) is 10.2 Å². The number of hydrogen-bond donors (Lipinski definition) is 2. The zero-order chi connectivity index (χ0) is 16.1. The smallest absolute Gasteiger partial charge is 0.303 e. The van der Waals surface area contributed by atoms with Gasteiger partial charge in [0, 0.05) is 18.4 Å². The number of halogens is 1. The highest BCUT2D eigenvalue weighted by molar-refractivity contribution is 5.90. The molecule has 1 atom stereocenters. The Morgan fingerprint density at radius 3 is 2.55 bits per heavy atom. The molecule has 1 amide bonds. The van der Waals surface area contributed by atoms with E-state index in [1.807, 2.05) is 0 Å². The molecule has 0 aliphatic rings. The lowest BCUT2D eigenvalue weighted by Crippen LogP contribution is -2.18. The molecule has 0 aliphatic heterocycles. The van der Waals surface area contributed by atoms with E-state index in [1.54, 1.807) is 13.0 Å². The van der Waals surface area contributed by atoms with Crippen LogP contribution in [0.15, 0.2) is 34.9 Å². The highest BCUT2D eigenvalue weighted by Gasteiger charge is 2.20. The molecule has 0 unspecified atom stereocenters. The third-order valence-corrected chi connectivity index (χ3v) is 3.09. The fourth-order valence-corrected chi connectivity index (χ4v) is 2.10. The number of aryl methyl sites for hydroxylation is 1. The highest BCUT2D eigenvalue weighted by Crippen LogP contribution is 2.24. The van der Waals surface area contributed by atoms with Crippen LogP contribution in [0, 0.1) is 12.7 Å². The highest BCUT2D eigenvalue weighted by atomic mass is 19.1. The van der Waals surface area contributed by atoms with Gasteiger partial charge in [0.05, 0.1) is 6.42 Å². The van der Waals surface area contributed by atoms with Gasteiger partial charge in [0.15, 0.2) is 5.82 Å². The van der Waals surface area contributed by atoms with Gasteiger partial charge in [0.1, 0.15) is 11.6 Å². The summed E-state index contributed by atoms with van der Waals surface area (Å²) in [6, 6.07) is 7.00. The Kier molecular flexibility index (Phi) is 4.88. The summed E-state index contributed by atoms with van der Waals surface area (Å²) in [6.45, 7) is 1.69. The van der Waals surface area contributed by atoms with Gasteiger partial charge >= 0.3 is 5.97 Å². The van der Waals surface area contributed by atoms with Crippen molar-refractivity contribution >= 4 is 17.7 Å². The molecule has 0 saturated carbocycles. The van der Waals surface area contributed by atoms with E-state index in [4.69, 9.17) is 9.63 Å². The minimum atomic E-state index is -1.03. The number of anilines is 1. The Morgan fingerprint density at radius 1 is 1.32 bits per heavy atom. The zero-order valence-corrected chi connectivity index (χ0v) is 11.9. The van der Waals surface area contributed by atoms with E-state index in [9.17, 15) is 14.0 Å². The minimum Gasteiger partial charge on any atom is -0.481 e. The number of carboxylic acids is 1. The summed E-state index contributed by atoms with van der Waals surface area (Å²) < 4.78 is 17.8. The van der Waals surface area contributed by atoms with Gasteiger partial charge < -0.3 is 14.9 Å². The summed E-state index contributed by atoms with van der Waals surface area (Å²) >= 11 is 0. The summed E-state index contributed by atoms with van der Waals surface area (Å²) in [5.41, 5.74) is 0.593. The Morgan fingerprint density at radius 2 is 2.00 bits per heavy atom. The molecule has 2 rings (SSSR count).